The maximum Gasteiger partial charge on any atom is 0.228 e. The highest BCUT2D eigenvalue weighted by molar-refractivity contribution is 5.81. The number of aryl methyl sites for hydroxylation is 2. The molecule has 0 aliphatic heterocycles. The summed E-state index contributed by atoms with van der Waals surface area (Å²) in [7, 11) is 5.04. The van der Waals surface area contributed by atoms with E-state index in [-0.39, 0.29) is 5.75 Å². The molecule has 2 aromatic carbocycles. The summed E-state index contributed by atoms with van der Waals surface area (Å²) < 4.78 is 24.8. The van der Waals surface area contributed by atoms with Gasteiger partial charge in [0, 0.05) is 31.9 Å². The first-order valence-corrected chi connectivity index (χ1v) is 11.6. The van der Waals surface area contributed by atoms with Gasteiger partial charge in [0.05, 0.1) is 36.4 Å². The van der Waals surface area contributed by atoms with Gasteiger partial charge in [0.1, 0.15) is 17.4 Å². The van der Waals surface area contributed by atoms with Crippen LogP contribution >= 0.6 is 0 Å². The Labute approximate surface area is 215 Å². The van der Waals surface area contributed by atoms with Crippen LogP contribution in [0.15, 0.2) is 67.1 Å². The smallest absolute Gasteiger partial charge is 0.228 e. The van der Waals surface area contributed by atoms with Crippen molar-refractivity contribution in [3.05, 3.63) is 84.2 Å². The molecule has 6 aromatic rings. The van der Waals surface area contributed by atoms with E-state index in [0.717, 1.165) is 16.9 Å². The van der Waals surface area contributed by atoms with Crippen molar-refractivity contribution in [1.82, 2.24) is 49.7 Å². The summed E-state index contributed by atoms with van der Waals surface area (Å²) in [6.45, 7) is 0. The van der Waals surface area contributed by atoms with Crippen molar-refractivity contribution in [3.63, 3.8) is 0 Å². The van der Waals surface area contributed by atoms with Crippen molar-refractivity contribution in [3.8, 4) is 17.0 Å². The first-order chi connectivity index (χ1) is 18.5. The molecule has 4 aromatic heterocycles. The molecule has 38 heavy (non-hydrogen) atoms. The summed E-state index contributed by atoms with van der Waals surface area (Å²) in [5, 5.41) is 24.2. The zero-order valence-electron chi connectivity index (χ0n) is 20.7. The second kappa shape index (κ2) is 9.35. The molecule has 0 saturated carbocycles. The van der Waals surface area contributed by atoms with Gasteiger partial charge in [-0.3, -0.25) is 4.68 Å². The molecule has 6 rings (SSSR count). The summed E-state index contributed by atoms with van der Waals surface area (Å²) >= 11 is 0. The normalized spacial score (nSPS) is 12.1. The van der Waals surface area contributed by atoms with E-state index in [4.69, 9.17) is 4.74 Å². The average Bonchev–Trinajstić information content (AvgIpc) is 3.65. The van der Waals surface area contributed by atoms with Gasteiger partial charge < -0.3 is 10.1 Å². The first kappa shape index (κ1) is 23.2. The molecule has 1 N–H and O–H groups in total. The second-order valence-corrected chi connectivity index (χ2v) is 8.55. The molecule has 0 radical (unpaired) electrons. The van der Waals surface area contributed by atoms with Crippen LogP contribution in [0.4, 0.5) is 16.2 Å². The lowest BCUT2D eigenvalue weighted by Crippen LogP contribution is -2.17. The number of nitrogens with zero attached hydrogens (tertiary/aromatic N) is 10. The number of benzene rings is 2. The van der Waals surface area contributed by atoms with Gasteiger partial charge in [0.25, 0.3) is 0 Å². The van der Waals surface area contributed by atoms with Gasteiger partial charge in [-0.15, -0.1) is 10.2 Å². The lowest BCUT2D eigenvalue weighted by molar-refractivity contribution is 0.385. The van der Waals surface area contributed by atoms with Crippen LogP contribution in [-0.2, 0) is 14.1 Å². The van der Waals surface area contributed by atoms with Crippen molar-refractivity contribution >= 4 is 22.8 Å². The summed E-state index contributed by atoms with van der Waals surface area (Å²) in [4.78, 5) is 8.95. The van der Waals surface area contributed by atoms with E-state index >= 15 is 0 Å². The fourth-order valence-corrected chi connectivity index (χ4v) is 4.32. The minimum Gasteiger partial charge on any atom is -0.494 e. The number of hydrogen-bond acceptors (Lipinski definition) is 9. The van der Waals surface area contributed by atoms with Crippen molar-refractivity contribution in [1.29, 1.82) is 0 Å². The maximum absolute atomic E-state index is 14.7. The highest BCUT2D eigenvalue weighted by atomic mass is 19.1. The Balaban J connectivity index is 1.40. The average molecular weight is 512 g/mol. The molecule has 0 aliphatic carbocycles. The van der Waals surface area contributed by atoms with Crippen LogP contribution in [-0.4, -0.2) is 56.8 Å². The quantitative estimate of drug-likeness (QED) is 0.344. The third kappa shape index (κ3) is 4.09. The Bertz CT molecular complexity index is 1760. The van der Waals surface area contributed by atoms with Gasteiger partial charge in [-0.25, -0.2) is 23.7 Å². The Morgan fingerprint density at radius 1 is 0.974 bits per heavy atom. The second-order valence-electron chi connectivity index (χ2n) is 8.55. The topological polar surface area (TPSA) is 126 Å². The first-order valence-electron chi connectivity index (χ1n) is 11.6. The molecule has 190 valence electrons. The molecular weight excluding hydrogens is 489 g/mol. The Kier molecular flexibility index (Phi) is 5.71. The zero-order valence-corrected chi connectivity index (χ0v) is 20.7. The number of anilines is 2. The van der Waals surface area contributed by atoms with E-state index in [1.807, 2.05) is 37.4 Å². The summed E-state index contributed by atoms with van der Waals surface area (Å²) in [6.07, 6.45) is 5.01. The fraction of sp³-hybridized carbons (Fsp3) is 0.160. The molecular formula is C25H22FN11O. The molecule has 12 nitrogen and oxygen atoms in total. The third-order valence-corrected chi connectivity index (χ3v) is 6.25. The number of methoxy groups -OCH3 is 1. The minimum absolute atomic E-state index is 0.158. The van der Waals surface area contributed by atoms with Crippen LogP contribution in [0.5, 0.6) is 5.75 Å². The van der Waals surface area contributed by atoms with E-state index in [9.17, 15) is 4.39 Å². The van der Waals surface area contributed by atoms with Gasteiger partial charge in [-0.05, 0) is 35.9 Å². The van der Waals surface area contributed by atoms with Gasteiger partial charge in [0.2, 0.25) is 5.95 Å². The minimum atomic E-state index is -0.528. The Hall–Kier alpha value is -5.20. The predicted octanol–water partition coefficient (Wildman–Crippen LogP) is 3.28. The Morgan fingerprint density at radius 3 is 2.61 bits per heavy atom. The number of hydrogen-bond donors (Lipinski definition) is 1. The number of rotatable bonds is 7. The monoisotopic (exact) mass is 511 g/mol. The third-order valence-electron chi connectivity index (χ3n) is 6.25. The van der Waals surface area contributed by atoms with E-state index in [1.54, 1.807) is 51.8 Å². The van der Waals surface area contributed by atoms with Crippen LogP contribution in [0, 0.1) is 5.82 Å². The van der Waals surface area contributed by atoms with Crippen molar-refractivity contribution in [2.45, 2.75) is 6.04 Å². The molecule has 1 atom stereocenters. The van der Waals surface area contributed by atoms with Gasteiger partial charge >= 0.3 is 0 Å². The van der Waals surface area contributed by atoms with Crippen LogP contribution in [0.1, 0.15) is 17.3 Å². The molecule has 0 amide bonds. The maximum atomic E-state index is 14.7. The summed E-state index contributed by atoms with van der Waals surface area (Å²) in [6, 6.07) is 13.7. The van der Waals surface area contributed by atoms with Crippen LogP contribution in [0.2, 0.25) is 0 Å². The van der Waals surface area contributed by atoms with Gasteiger partial charge in [-0.2, -0.15) is 5.10 Å². The molecule has 0 spiro atoms. The molecule has 13 heteroatoms. The number of halogens is 1. The number of nitrogens with one attached hydrogen (secondary N) is 1. The summed E-state index contributed by atoms with van der Waals surface area (Å²) in [5.74, 6) is 0.897. The molecule has 0 saturated heterocycles. The molecule has 1 unspecified atom stereocenters. The van der Waals surface area contributed by atoms with Gasteiger partial charge in [-0.1, -0.05) is 22.6 Å². The summed E-state index contributed by atoms with van der Waals surface area (Å²) in [5.41, 5.74) is 4.31. The number of fused-ring (bicyclic) bond motifs is 1. The van der Waals surface area contributed by atoms with Crippen LogP contribution < -0.4 is 10.1 Å². The highest BCUT2D eigenvalue weighted by Gasteiger charge is 2.25. The van der Waals surface area contributed by atoms with E-state index in [0.29, 0.717) is 28.4 Å². The molecule has 0 fully saturated rings. The lowest BCUT2D eigenvalue weighted by atomic mass is 10.0. The SMILES string of the molecule is COc1ccc(C(c2cnnn2C)n2nnc3cc(-c4ccnc(Nc5ccnn5C)n4)ccc32)cc1F. The van der Waals surface area contributed by atoms with Crippen LogP contribution in [0.25, 0.3) is 22.3 Å². The van der Waals surface area contributed by atoms with E-state index in [1.165, 1.54) is 13.2 Å². The van der Waals surface area contributed by atoms with Crippen molar-refractivity contribution < 1.29 is 9.13 Å². The largest absolute Gasteiger partial charge is 0.494 e. The highest BCUT2D eigenvalue weighted by Crippen LogP contribution is 2.32. The molecule has 0 bridgehead atoms. The van der Waals surface area contributed by atoms with E-state index < -0.39 is 11.9 Å². The van der Waals surface area contributed by atoms with Gasteiger partial charge in [0.15, 0.2) is 11.6 Å². The number of ether oxygens (including phenoxy) is 1. The van der Waals surface area contributed by atoms with Crippen molar-refractivity contribution in [2.75, 3.05) is 12.4 Å². The molecule has 4 heterocycles. The molecule has 0 aliphatic rings. The number of aromatic nitrogens is 10. The predicted molar refractivity (Wildman–Crippen MR) is 136 cm³/mol. The Morgan fingerprint density at radius 2 is 1.87 bits per heavy atom. The van der Waals surface area contributed by atoms with E-state index in [2.05, 4.69) is 41.0 Å². The zero-order chi connectivity index (χ0) is 26.2. The van der Waals surface area contributed by atoms with Crippen molar-refractivity contribution in [2.24, 2.45) is 14.1 Å². The fourth-order valence-electron chi connectivity index (χ4n) is 4.32. The van der Waals surface area contributed by atoms with Crippen LogP contribution in [0.3, 0.4) is 0 Å². The lowest BCUT2D eigenvalue weighted by Gasteiger charge is -2.19. The standard InChI is InChI=1S/C25H22FN11O/c1-35-21(14-28-33-35)24(16-5-7-22(38-3)17(26)12-16)37-20-6-4-15(13-19(20)32-34-37)18-8-10-27-25(30-18)31-23-9-11-29-36(23)2/h4-14,24H,1-3H3,(H,27,30,31).